The lowest BCUT2D eigenvalue weighted by Gasteiger charge is -2.41. The van der Waals surface area contributed by atoms with E-state index in [0.29, 0.717) is 32.6 Å². The average Bonchev–Trinajstić information content (AvgIpc) is 2.61. The van der Waals surface area contributed by atoms with Crippen LogP contribution in [0.15, 0.2) is 12.2 Å². The molecule has 24 heavy (non-hydrogen) atoms. The molecule has 1 unspecified atom stereocenters. The number of piperidine rings is 1. The second-order valence-corrected chi connectivity index (χ2v) is 6.71. The topological polar surface area (TPSA) is 72.9 Å². The van der Waals surface area contributed by atoms with E-state index >= 15 is 0 Å². The number of likely N-dealkylation sites (tertiary alicyclic amines) is 1. The molecule has 132 valence electrons. The number of cyclic esters (lactones) is 1. The molecule has 6 heteroatoms. The summed E-state index contributed by atoms with van der Waals surface area (Å²) in [5, 5.41) is 0. The van der Waals surface area contributed by atoms with Crippen molar-refractivity contribution in [1.29, 1.82) is 0 Å². The first kappa shape index (κ1) is 17.0. The van der Waals surface area contributed by atoms with Gasteiger partial charge in [-0.05, 0) is 44.9 Å². The van der Waals surface area contributed by atoms with Crippen LogP contribution in [0.25, 0.3) is 0 Å². The highest BCUT2D eigenvalue weighted by Gasteiger charge is 2.46. The maximum Gasteiger partial charge on any atom is 0.328 e. The van der Waals surface area contributed by atoms with E-state index in [2.05, 4.69) is 0 Å². The minimum absolute atomic E-state index is 0.0692. The van der Waals surface area contributed by atoms with Gasteiger partial charge in [0.1, 0.15) is 6.04 Å². The third kappa shape index (κ3) is 3.19. The summed E-state index contributed by atoms with van der Waals surface area (Å²) < 4.78 is 10.3. The van der Waals surface area contributed by atoms with E-state index in [-0.39, 0.29) is 23.8 Å². The minimum Gasteiger partial charge on any atom is -0.465 e. The summed E-state index contributed by atoms with van der Waals surface area (Å²) in [7, 11) is 0. The number of carbonyl (C=O) groups is 3. The SMILES string of the molecule is CCOC(=O)C1CCCCN1C(=O)[C@@H]1CC=C[C@@H]2CCOC(=O)[C@@H]21. The van der Waals surface area contributed by atoms with Crippen LogP contribution in [-0.2, 0) is 23.9 Å². The van der Waals surface area contributed by atoms with Gasteiger partial charge < -0.3 is 14.4 Å². The first-order valence-electron chi connectivity index (χ1n) is 8.94. The van der Waals surface area contributed by atoms with Crippen LogP contribution in [0.5, 0.6) is 0 Å². The van der Waals surface area contributed by atoms with Crippen LogP contribution < -0.4 is 0 Å². The van der Waals surface area contributed by atoms with Crippen LogP contribution in [0.2, 0.25) is 0 Å². The minimum atomic E-state index is -0.518. The quantitative estimate of drug-likeness (QED) is 0.580. The number of esters is 2. The smallest absolute Gasteiger partial charge is 0.328 e. The van der Waals surface area contributed by atoms with Gasteiger partial charge in [-0.1, -0.05) is 12.2 Å². The molecule has 0 bridgehead atoms. The van der Waals surface area contributed by atoms with Crippen molar-refractivity contribution in [3.8, 4) is 0 Å². The van der Waals surface area contributed by atoms with Crippen molar-refractivity contribution in [3.63, 3.8) is 0 Å². The third-order valence-electron chi connectivity index (χ3n) is 5.30. The van der Waals surface area contributed by atoms with Crippen molar-refractivity contribution in [3.05, 3.63) is 12.2 Å². The highest BCUT2D eigenvalue weighted by molar-refractivity contribution is 5.90. The van der Waals surface area contributed by atoms with E-state index in [9.17, 15) is 14.4 Å². The molecule has 0 radical (unpaired) electrons. The molecule has 2 saturated heterocycles. The van der Waals surface area contributed by atoms with Crippen LogP contribution in [0.1, 0.15) is 39.0 Å². The predicted molar refractivity (Wildman–Crippen MR) is 85.8 cm³/mol. The number of hydrogen-bond donors (Lipinski definition) is 0. The summed E-state index contributed by atoms with van der Waals surface area (Å²) in [4.78, 5) is 39.2. The maximum absolute atomic E-state index is 13.1. The predicted octanol–water partition coefficient (Wildman–Crippen LogP) is 1.69. The lowest BCUT2D eigenvalue weighted by atomic mass is 9.72. The molecule has 2 aliphatic heterocycles. The van der Waals surface area contributed by atoms with E-state index in [1.807, 2.05) is 12.2 Å². The summed E-state index contributed by atoms with van der Waals surface area (Å²) in [6, 6.07) is -0.518. The van der Waals surface area contributed by atoms with Crippen LogP contribution in [-0.4, -0.2) is 48.5 Å². The van der Waals surface area contributed by atoms with Crippen molar-refractivity contribution in [2.75, 3.05) is 19.8 Å². The maximum atomic E-state index is 13.1. The summed E-state index contributed by atoms with van der Waals surface area (Å²) >= 11 is 0. The van der Waals surface area contributed by atoms with Gasteiger partial charge in [-0.15, -0.1) is 0 Å². The Morgan fingerprint density at radius 1 is 1.33 bits per heavy atom. The normalized spacial score (nSPS) is 32.7. The summed E-state index contributed by atoms with van der Waals surface area (Å²) in [5.74, 6) is -1.49. The molecular weight excluding hydrogens is 310 g/mol. The first-order chi connectivity index (χ1) is 11.6. The first-order valence-corrected chi connectivity index (χ1v) is 8.94. The van der Waals surface area contributed by atoms with Gasteiger partial charge in [0.15, 0.2) is 0 Å². The fraction of sp³-hybridized carbons (Fsp3) is 0.722. The molecule has 0 aromatic heterocycles. The third-order valence-corrected chi connectivity index (χ3v) is 5.30. The molecule has 2 heterocycles. The van der Waals surface area contributed by atoms with E-state index in [1.54, 1.807) is 11.8 Å². The van der Waals surface area contributed by atoms with E-state index in [0.717, 1.165) is 19.3 Å². The van der Waals surface area contributed by atoms with E-state index in [4.69, 9.17) is 9.47 Å². The van der Waals surface area contributed by atoms with E-state index < -0.39 is 17.9 Å². The number of hydrogen-bond acceptors (Lipinski definition) is 5. The standard InChI is InChI=1S/C18H25NO5/c1-2-23-17(21)14-8-3-4-10-19(14)16(20)13-7-5-6-12-9-11-24-18(22)15(12)13/h5-6,12-15H,2-4,7-11H2,1H3/t12-,13-,14?,15+/m1/s1. The zero-order valence-electron chi connectivity index (χ0n) is 14.1. The van der Waals surface area contributed by atoms with Gasteiger partial charge in [0.2, 0.25) is 5.91 Å². The van der Waals surface area contributed by atoms with Crippen molar-refractivity contribution >= 4 is 17.8 Å². The Balaban J connectivity index is 1.79. The van der Waals surface area contributed by atoms with Gasteiger partial charge in [0.05, 0.1) is 25.0 Å². The fourth-order valence-electron chi connectivity index (χ4n) is 4.12. The molecule has 4 atom stereocenters. The number of fused-ring (bicyclic) bond motifs is 1. The second-order valence-electron chi connectivity index (χ2n) is 6.71. The summed E-state index contributed by atoms with van der Waals surface area (Å²) in [5.41, 5.74) is 0. The van der Waals surface area contributed by atoms with Crippen molar-refractivity contribution in [2.45, 2.75) is 45.1 Å². The Kier molecular flexibility index (Phi) is 5.21. The van der Waals surface area contributed by atoms with Gasteiger partial charge in [-0.3, -0.25) is 9.59 Å². The lowest BCUT2D eigenvalue weighted by molar-refractivity contribution is -0.166. The molecule has 0 spiro atoms. The molecule has 3 aliphatic rings. The van der Waals surface area contributed by atoms with Crippen LogP contribution in [0, 0.1) is 17.8 Å². The van der Waals surface area contributed by atoms with Gasteiger partial charge in [-0.2, -0.15) is 0 Å². The number of amides is 1. The van der Waals surface area contributed by atoms with Crippen molar-refractivity contribution < 1.29 is 23.9 Å². The fourth-order valence-corrected chi connectivity index (χ4v) is 4.12. The number of nitrogens with zero attached hydrogens (tertiary/aromatic N) is 1. The van der Waals surface area contributed by atoms with Gasteiger partial charge in [0, 0.05) is 6.54 Å². The van der Waals surface area contributed by atoms with Crippen molar-refractivity contribution in [1.82, 2.24) is 4.90 Å². The number of allylic oxidation sites excluding steroid dienone is 2. The molecule has 0 saturated carbocycles. The van der Waals surface area contributed by atoms with Crippen LogP contribution in [0.4, 0.5) is 0 Å². The second kappa shape index (κ2) is 7.36. The molecule has 0 aromatic carbocycles. The zero-order chi connectivity index (χ0) is 17.1. The number of rotatable bonds is 3. The van der Waals surface area contributed by atoms with Crippen LogP contribution in [0.3, 0.4) is 0 Å². The molecule has 2 fully saturated rings. The molecular formula is C18H25NO5. The molecule has 6 nitrogen and oxygen atoms in total. The number of carbonyl (C=O) groups excluding carboxylic acids is 3. The molecule has 3 rings (SSSR count). The Morgan fingerprint density at radius 2 is 2.17 bits per heavy atom. The van der Waals surface area contributed by atoms with Crippen LogP contribution >= 0.6 is 0 Å². The lowest BCUT2D eigenvalue weighted by Crippen LogP contribution is -2.54. The Hall–Kier alpha value is -1.85. The average molecular weight is 335 g/mol. The van der Waals surface area contributed by atoms with Crippen molar-refractivity contribution in [2.24, 2.45) is 17.8 Å². The highest BCUT2D eigenvalue weighted by atomic mass is 16.5. The van der Waals surface area contributed by atoms with Gasteiger partial charge in [-0.25, -0.2) is 4.79 Å². The zero-order valence-corrected chi connectivity index (χ0v) is 14.1. The van der Waals surface area contributed by atoms with E-state index in [1.165, 1.54) is 0 Å². The molecule has 1 aliphatic carbocycles. The molecule has 1 amide bonds. The van der Waals surface area contributed by atoms with Gasteiger partial charge >= 0.3 is 11.9 Å². The number of ether oxygens (including phenoxy) is 2. The molecule has 0 aromatic rings. The summed E-state index contributed by atoms with van der Waals surface area (Å²) in [6.45, 7) is 3.04. The monoisotopic (exact) mass is 335 g/mol. The summed E-state index contributed by atoms with van der Waals surface area (Å²) in [6.07, 6.45) is 7.74. The Bertz CT molecular complexity index is 544. The van der Waals surface area contributed by atoms with Gasteiger partial charge in [0.25, 0.3) is 0 Å². The largest absolute Gasteiger partial charge is 0.465 e. The Labute approximate surface area is 142 Å². The highest BCUT2D eigenvalue weighted by Crippen LogP contribution is 2.38. The Morgan fingerprint density at radius 3 is 2.96 bits per heavy atom. The molecule has 0 N–H and O–H groups in total.